The average molecular weight is 421 g/mol. The standard InChI is InChI=1S/C20H25BrN2O3/c1-19(2,3)12-20(4,5)23-17(24)13-7-6-8-14(11-13)22-18(25)15-9-10-16(21)26-15/h6-11H,12H2,1-5H3,(H,22,25)(H,23,24). The van der Waals surface area contributed by atoms with E-state index in [1.165, 1.54) is 0 Å². The molecule has 1 heterocycles. The van der Waals surface area contributed by atoms with Gasteiger partial charge in [-0.25, -0.2) is 0 Å². The number of hydrogen-bond acceptors (Lipinski definition) is 3. The lowest BCUT2D eigenvalue weighted by Crippen LogP contribution is -2.45. The number of hydrogen-bond donors (Lipinski definition) is 2. The predicted octanol–water partition coefficient (Wildman–Crippen LogP) is 5.24. The van der Waals surface area contributed by atoms with E-state index in [9.17, 15) is 9.59 Å². The molecule has 5 nitrogen and oxygen atoms in total. The van der Waals surface area contributed by atoms with Gasteiger partial charge < -0.3 is 15.1 Å². The third-order valence-corrected chi connectivity index (χ3v) is 4.03. The molecule has 0 unspecified atom stereocenters. The lowest BCUT2D eigenvalue weighted by atomic mass is 9.81. The summed E-state index contributed by atoms with van der Waals surface area (Å²) < 4.78 is 5.72. The average Bonchev–Trinajstić information content (AvgIpc) is 2.91. The van der Waals surface area contributed by atoms with Crippen LogP contribution in [0.5, 0.6) is 0 Å². The highest BCUT2D eigenvalue weighted by Crippen LogP contribution is 2.27. The number of halogens is 1. The first-order valence-corrected chi connectivity index (χ1v) is 9.24. The van der Waals surface area contributed by atoms with Gasteiger partial charge in [0.25, 0.3) is 11.8 Å². The summed E-state index contributed by atoms with van der Waals surface area (Å²) in [6.45, 7) is 10.4. The van der Waals surface area contributed by atoms with E-state index in [1.54, 1.807) is 36.4 Å². The van der Waals surface area contributed by atoms with E-state index in [4.69, 9.17) is 4.42 Å². The molecular weight excluding hydrogens is 396 g/mol. The summed E-state index contributed by atoms with van der Waals surface area (Å²) in [7, 11) is 0. The van der Waals surface area contributed by atoms with Crippen LogP contribution in [0, 0.1) is 5.41 Å². The van der Waals surface area contributed by atoms with Crippen LogP contribution in [0.1, 0.15) is 62.0 Å². The minimum atomic E-state index is -0.374. The molecule has 1 aromatic heterocycles. The number of carbonyl (C=O) groups is 2. The maximum absolute atomic E-state index is 12.6. The fraction of sp³-hybridized carbons (Fsp3) is 0.400. The highest BCUT2D eigenvalue weighted by Gasteiger charge is 2.27. The summed E-state index contributed by atoms with van der Waals surface area (Å²) >= 11 is 3.17. The Morgan fingerprint density at radius 2 is 1.73 bits per heavy atom. The van der Waals surface area contributed by atoms with E-state index in [2.05, 4.69) is 47.3 Å². The number of carbonyl (C=O) groups excluding carboxylic acids is 2. The molecule has 140 valence electrons. The van der Waals surface area contributed by atoms with Crippen molar-refractivity contribution in [2.45, 2.75) is 46.6 Å². The largest absolute Gasteiger partial charge is 0.444 e. The number of amides is 2. The predicted molar refractivity (Wildman–Crippen MR) is 106 cm³/mol. The van der Waals surface area contributed by atoms with Crippen molar-refractivity contribution in [1.29, 1.82) is 0 Å². The Labute approximate surface area is 162 Å². The van der Waals surface area contributed by atoms with Crippen molar-refractivity contribution < 1.29 is 14.0 Å². The number of furan rings is 1. The van der Waals surface area contributed by atoms with Crippen LogP contribution in [0.4, 0.5) is 5.69 Å². The van der Waals surface area contributed by atoms with Crippen molar-refractivity contribution in [1.82, 2.24) is 5.32 Å². The van der Waals surface area contributed by atoms with E-state index in [-0.39, 0.29) is 28.5 Å². The zero-order valence-corrected chi connectivity index (χ0v) is 17.4. The summed E-state index contributed by atoms with van der Waals surface area (Å²) in [5, 5.41) is 5.80. The molecule has 0 aliphatic heterocycles. The second-order valence-electron chi connectivity index (χ2n) is 8.21. The molecule has 0 aliphatic carbocycles. The second-order valence-corrected chi connectivity index (χ2v) is 9.00. The zero-order chi connectivity index (χ0) is 19.5. The lowest BCUT2D eigenvalue weighted by Gasteiger charge is -2.33. The molecule has 0 spiro atoms. The Morgan fingerprint density at radius 3 is 2.31 bits per heavy atom. The lowest BCUT2D eigenvalue weighted by molar-refractivity contribution is 0.0890. The summed E-state index contributed by atoms with van der Waals surface area (Å²) in [4.78, 5) is 24.8. The van der Waals surface area contributed by atoms with Crippen LogP contribution in [-0.2, 0) is 0 Å². The molecule has 0 radical (unpaired) electrons. The van der Waals surface area contributed by atoms with E-state index < -0.39 is 0 Å². The third kappa shape index (κ3) is 6.02. The Balaban J connectivity index is 2.08. The van der Waals surface area contributed by atoms with Gasteiger partial charge in [-0.1, -0.05) is 26.8 Å². The quantitative estimate of drug-likeness (QED) is 0.694. The molecule has 0 aliphatic rings. The number of nitrogens with one attached hydrogen (secondary N) is 2. The van der Waals surface area contributed by atoms with Crippen LogP contribution in [0.15, 0.2) is 45.5 Å². The van der Waals surface area contributed by atoms with Gasteiger partial charge in [0.05, 0.1) is 0 Å². The first-order valence-electron chi connectivity index (χ1n) is 8.44. The molecule has 0 atom stereocenters. The van der Waals surface area contributed by atoms with Crippen LogP contribution in [-0.4, -0.2) is 17.4 Å². The first kappa shape index (κ1) is 20.2. The smallest absolute Gasteiger partial charge is 0.291 e. The first-order chi connectivity index (χ1) is 12.0. The van der Waals surface area contributed by atoms with Crippen LogP contribution < -0.4 is 10.6 Å². The van der Waals surface area contributed by atoms with Crippen molar-refractivity contribution in [2.75, 3.05) is 5.32 Å². The van der Waals surface area contributed by atoms with E-state index in [0.29, 0.717) is 15.9 Å². The SMILES string of the molecule is CC(C)(C)CC(C)(C)NC(=O)c1cccc(NC(=O)c2ccc(Br)o2)c1. The zero-order valence-electron chi connectivity index (χ0n) is 15.8. The molecule has 0 fully saturated rings. The fourth-order valence-electron chi connectivity index (χ4n) is 3.12. The van der Waals surface area contributed by atoms with E-state index >= 15 is 0 Å². The molecule has 0 bridgehead atoms. The number of rotatable bonds is 5. The van der Waals surface area contributed by atoms with Crippen LogP contribution in [0.25, 0.3) is 0 Å². The van der Waals surface area contributed by atoms with Crippen molar-refractivity contribution in [3.8, 4) is 0 Å². The van der Waals surface area contributed by atoms with Crippen molar-refractivity contribution in [2.24, 2.45) is 5.41 Å². The molecule has 0 saturated heterocycles. The Morgan fingerprint density at radius 1 is 1.04 bits per heavy atom. The maximum Gasteiger partial charge on any atom is 0.291 e. The summed E-state index contributed by atoms with van der Waals surface area (Å²) in [6.07, 6.45) is 0.843. The number of benzene rings is 1. The normalized spacial score (nSPS) is 11.9. The van der Waals surface area contributed by atoms with Gasteiger partial charge in [0.1, 0.15) is 0 Å². The molecule has 1 aromatic carbocycles. The van der Waals surface area contributed by atoms with Gasteiger partial charge in [0.2, 0.25) is 0 Å². The topological polar surface area (TPSA) is 71.3 Å². The molecule has 2 aromatic rings. The van der Waals surface area contributed by atoms with Gasteiger partial charge >= 0.3 is 0 Å². The van der Waals surface area contributed by atoms with E-state index in [0.717, 1.165) is 6.42 Å². The highest BCUT2D eigenvalue weighted by molar-refractivity contribution is 9.10. The van der Waals surface area contributed by atoms with Gasteiger partial charge in [-0.15, -0.1) is 0 Å². The molecular formula is C20H25BrN2O3. The van der Waals surface area contributed by atoms with Gasteiger partial charge in [-0.2, -0.15) is 0 Å². The highest BCUT2D eigenvalue weighted by atomic mass is 79.9. The fourth-order valence-corrected chi connectivity index (χ4v) is 3.42. The molecule has 6 heteroatoms. The summed E-state index contributed by atoms with van der Waals surface area (Å²) in [5.74, 6) is -0.351. The second kappa shape index (κ2) is 7.66. The van der Waals surface area contributed by atoms with Crippen LogP contribution in [0.3, 0.4) is 0 Å². The minimum absolute atomic E-state index is 0.101. The maximum atomic E-state index is 12.6. The third-order valence-electron chi connectivity index (χ3n) is 3.60. The Bertz CT molecular complexity index is 803. The van der Waals surface area contributed by atoms with Gasteiger partial charge in [-0.3, -0.25) is 9.59 Å². The molecule has 0 saturated carbocycles. The molecule has 2 amide bonds. The minimum Gasteiger partial charge on any atom is -0.444 e. The summed E-state index contributed by atoms with van der Waals surface area (Å²) in [5.41, 5.74) is 0.785. The van der Waals surface area contributed by atoms with Crippen molar-refractivity contribution in [3.05, 3.63) is 52.4 Å². The van der Waals surface area contributed by atoms with Gasteiger partial charge in [0.15, 0.2) is 10.4 Å². The van der Waals surface area contributed by atoms with Crippen molar-refractivity contribution in [3.63, 3.8) is 0 Å². The van der Waals surface area contributed by atoms with Gasteiger partial charge in [0, 0.05) is 16.8 Å². The summed E-state index contributed by atoms with van der Waals surface area (Å²) in [6, 6.07) is 10.1. The molecule has 26 heavy (non-hydrogen) atoms. The van der Waals surface area contributed by atoms with Gasteiger partial charge in [-0.05, 0) is 71.9 Å². The van der Waals surface area contributed by atoms with Crippen LogP contribution in [0.2, 0.25) is 0 Å². The Kier molecular flexibility index (Phi) is 5.96. The molecule has 2 rings (SSSR count). The van der Waals surface area contributed by atoms with Crippen molar-refractivity contribution >= 4 is 33.4 Å². The van der Waals surface area contributed by atoms with E-state index in [1.807, 2.05) is 13.8 Å². The number of anilines is 1. The van der Waals surface area contributed by atoms with Crippen LogP contribution >= 0.6 is 15.9 Å². The molecule has 2 N–H and O–H groups in total. The monoisotopic (exact) mass is 420 g/mol. The Hall–Kier alpha value is -2.08.